The SMILES string of the molecule is NCCCCCCN1CCC2CCCCC2C1. The van der Waals surface area contributed by atoms with E-state index in [1.807, 2.05) is 0 Å². The summed E-state index contributed by atoms with van der Waals surface area (Å²) in [6, 6.07) is 0. The molecule has 100 valence electrons. The topological polar surface area (TPSA) is 29.3 Å². The van der Waals surface area contributed by atoms with Crippen molar-refractivity contribution in [1.29, 1.82) is 0 Å². The molecule has 1 aliphatic heterocycles. The lowest BCUT2D eigenvalue weighted by atomic mass is 9.75. The molecule has 2 unspecified atom stereocenters. The lowest BCUT2D eigenvalue weighted by Crippen LogP contribution is -2.42. The Morgan fingerprint density at radius 3 is 2.47 bits per heavy atom. The molecule has 1 saturated carbocycles. The first kappa shape index (κ1) is 13.4. The molecular weight excluding hydrogens is 208 g/mol. The standard InChI is InChI=1S/C15H30N2/c16-10-5-1-2-6-11-17-12-9-14-7-3-4-8-15(14)13-17/h14-15H,1-13,16H2. The Labute approximate surface area is 107 Å². The van der Waals surface area contributed by atoms with Crippen molar-refractivity contribution in [3.05, 3.63) is 0 Å². The van der Waals surface area contributed by atoms with E-state index in [9.17, 15) is 0 Å². The van der Waals surface area contributed by atoms with Crippen LogP contribution in [0.3, 0.4) is 0 Å². The third kappa shape index (κ3) is 4.26. The van der Waals surface area contributed by atoms with Crippen molar-refractivity contribution in [1.82, 2.24) is 4.90 Å². The minimum atomic E-state index is 0.869. The van der Waals surface area contributed by atoms with Crippen molar-refractivity contribution in [3.63, 3.8) is 0 Å². The van der Waals surface area contributed by atoms with Crippen LogP contribution in [0.15, 0.2) is 0 Å². The molecule has 2 heteroatoms. The van der Waals surface area contributed by atoms with Gasteiger partial charge >= 0.3 is 0 Å². The molecule has 0 radical (unpaired) electrons. The van der Waals surface area contributed by atoms with Crippen molar-refractivity contribution in [2.75, 3.05) is 26.2 Å². The van der Waals surface area contributed by atoms with E-state index in [0.717, 1.165) is 18.4 Å². The van der Waals surface area contributed by atoms with Crippen molar-refractivity contribution in [2.45, 2.75) is 57.8 Å². The normalized spacial score (nSPS) is 30.2. The maximum Gasteiger partial charge on any atom is 0.00123 e. The van der Waals surface area contributed by atoms with Crippen molar-refractivity contribution >= 4 is 0 Å². The van der Waals surface area contributed by atoms with Crippen LogP contribution < -0.4 is 5.73 Å². The minimum absolute atomic E-state index is 0.869. The fourth-order valence-corrected chi connectivity index (χ4v) is 3.71. The summed E-state index contributed by atoms with van der Waals surface area (Å²) < 4.78 is 0. The van der Waals surface area contributed by atoms with Gasteiger partial charge < -0.3 is 10.6 Å². The highest BCUT2D eigenvalue weighted by molar-refractivity contribution is 4.83. The van der Waals surface area contributed by atoms with Gasteiger partial charge in [-0.3, -0.25) is 0 Å². The van der Waals surface area contributed by atoms with Gasteiger partial charge in [-0.15, -0.1) is 0 Å². The first-order valence-corrected chi connectivity index (χ1v) is 7.82. The lowest BCUT2D eigenvalue weighted by molar-refractivity contribution is 0.0856. The molecule has 1 saturated heterocycles. The smallest absolute Gasteiger partial charge is 0.00123 e. The zero-order valence-corrected chi connectivity index (χ0v) is 11.4. The lowest BCUT2D eigenvalue weighted by Gasteiger charge is -2.41. The maximum atomic E-state index is 5.52. The number of nitrogens with two attached hydrogens (primary N) is 1. The Hall–Kier alpha value is -0.0800. The second-order valence-corrected chi connectivity index (χ2v) is 6.10. The summed E-state index contributed by atoms with van der Waals surface area (Å²) in [5, 5.41) is 0. The first-order valence-electron chi connectivity index (χ1n) is 7.82. The molecular formula is C15H30N2. The van der Waals surface area contributed by atoms with Gasteiger partial charge in [-0.2, -0.15) is 0 Å². The van der Waals surface area contributed by atoms with Gasteiger partial charge in [0.15, 0.2) is 0 Å². The van der Waals surface area contributed by atoms with E-state index in [1.54, 1.807) is 0 Å². The van der Waals surface area contributed by atoms with E-state index < -0.39 is 0 Å². The number of piperidine rings is 1. The molecule has 2 rings (SSSR count). The molecule has 0 aromatic carbocycles. The molecule has 2 N–H and O–H groups in total. The second-order valence-electron chi connectivity index (χ2n) is 6.10. The van der Waals surface area contributed by atoms with Gasteiger partial charge in [0.25, 0.3) is 0 Å². The second kappa shape index (κ2) is 7.38. The monoisotopic (exact) mass is 238 g/mol. The third-order valence-electron chi connectivity index (χ3n) is 4.80. The maximum absolute atomic E-state index is 5.52. The van der Waals surface area contributed by atoms with Crippen LogP contribution in [0, 0.1) is 11.8 Å². The summed E-state index contributed by atoms with van der Waals surface area (Å²) in [5.74, 6) is 2.12. The zero-order chi connectivity index (χ0) is 11.9. The van der Waals surface area contributed by atoms with Gasteiger partial charge in [0.2, 0.25) is 0 Å². The van der Waals surface area contributed by atoms with Crippen LogP contribution in [0.1, 0.15) is 57.8 Å². The minimum Gasteiger partial charge on any atom is -0.330 e. The third-order valence-corrected chi connectivity index (χ3v) is 4.80. The van der Waals surface area contributed by atoms with Gasteiger partial charge in [0, 0.05) is 6.54 Å². The Morgan fingerprint density at radius 2 is 1.65 bits per heavy atom. The van der Waals surface area contributed by atoms with Crippen LogP contribution in [0.25, 0.3) is 0 Å². The average Bonchev–Trinajstić information content (AvgIpc) is 2.38. The van der Waals surface area contributed by atoms with Crippen molar-refractivity contribution in [3.8, 4) is 0 Å². The number of hydrogen-bond acceptors (Lipinski definition) is 2. The summed E-state index contributed by atoms with van der Waals surface area (Å²) in [6.45, 7) is 4.99. The molecule has 2 atom stereocenters. The molecule has 2 fully saturated rings. The predicted molar refractivity (Wildman–Crippen MR) is 74.0 cm³/mol. The molecule has 0 aromatic rings. The van der Waals surface area contributed by atoms with Crippen molar-refractivity contribution < 1.29 is 0 Å². The Balaban J connectivity index is 1.59. The predicted octanol–water partition coefficient (Wildman–Crippen LogP) is 3.02. The highest BCUT2D eigenvalue weighted by Gasteiger charge is 2.30. The van der Waals surface area contributed by atoms with Gasteiger partial charge in [0.05, 0.1) is 0 Å². The fourth-order valence-electron chi connectivity index (χ4n) is 3.71. The molecule has 0 aromatic heterocycles. The van der Waals surface area contributed by atoms with Gasteiger partial charge in [-0.1, -0.05) is 32.1 Å². The van der Waals surface area contributed by atoms with Crippen LogP contribution in [-0.4, -0.2) is 31.1 Å². The Bertz CT molecular complexity index is 205. The molecule has 2 aliphatic rings. The van der Waals surface area contributed by atoms with Crippen LogP contribution in [0.5, 0.6) is 0 Å². The zero-order valence-electron chi connectivity index (χ0n) is 11.4. The van der Waals surface area contributed by atoms with Crippen LogP contribution in [0.4, 0.5) is 0 Å². The van der Waals surface area contributed by atoms with Crippen LogP contribution in [-0.2, 0) is 0 Å². The van der Waals surface area contributed by atoms with Gasteiger partial charge in [0.1, 0.15) is 0 Å². The van der Waals surface area contributed by atoms with E-state index in [2.05, 4.69) is 4.90 Å². The van der Waals surface area contributed by atoms with Crippen LogP contribution in [0.2, 0.25) is 0 Å². The molecule has 1 aliphatic carbocycles. The van der Waals surface area contributed by atoms with Gasteiger partial charge in [-0.25, -0.2) is 0 Å². The molecule has 1 heterocycles. The number of rotatable bonds is 6. The summed E-state index contributed by atoms with van der Waals surface area (Å²) in [6.07, 6.45) is 12.8. The number of unbranched alkanes of at least 4 members (excludes halogenated alkanes) is 3. The molecule has 0 amide bonds. The number of fused-ring (bicyclic) bond motifs is 1. The first-order chi connectivity index (χ1) is 8.40. The van der Waals surface area contributed by atoms with Gasteiger partial charge in [-0.05, 0) is 57.2 Å². The highest BCUT2D eigenvalue weighted by atomic mass is 15.1. The number of likely N-dealkylation sites (tertiary alicyclic amines) is 1. The van der Waals surface area contributed by atoms with E-state index in [-0.39, 0.29) is 0 Å². The summed E-state index contributed by atoms with van der Waals surface area (Å²) in [7, 11) is 0. The fraction of sp³-hybridized carbons (Fsp3) is 1.00. The highest BCUT2D eigenvalue weighted by Crippen LogP contribution is 2.35. The molecule has 17 heavy (non-hydrogen) atoms. The summed E-state index contributed by atoms with van der Waals surface area (Å²) in [4.78, 5) is 2.73. The van der Waals surface area contributed by atoms with E-state index in [0.29, 0.717) is 0 Å². The molecule has 2 nitrogen and oxygen atoms in total. The number of hydrogen-bond donors (Lipinski definition) is 1. The molecule has 0 bridgehead atoms. The molecule has 0 spiro atoms. The van der Waals surface area contributed by atoms with E-state index in [1.165, 1.54) is 77.4 Å². The Morgan fingerprint density at radius 1 is 0.882 bits per heavy atom. The van der Waals surface area contributed by atoms with E-state index >= 15 is 0 Å². The Kier molecular flexibility index (Phi) is 5.79. The average molecular weight is 238 g/mol. The van der Waals surface area contributed by atoms with Crippen LogP contribution >= 0.6 is 0 Å². The number of nitrogens with zero attached hydrogens (tertiary/aromatic N) is 1. The summed E-state index contributed by atoms with van der Waals surface area (Å²) >= 11 is 0. The van der Waals surface area contributed by atoms with Crippen molar-refractivity contribution in [2.24, 2.45) is 17.6 Å². The largest absolute Gasteiger partial charge is 0.330 e. The summed E-state index contributed by atoms with van der Waals surface area (Å²) in [5.41, 5.74) is 5.52. The van der Waals surface area contributed by atoms with E-state index in [4.69, 9.17) is 5.73 Å². The quantitative estimate of drug-likeness (QED) is 0.721.